The van der Waals surface area contributed by atoms with Crippen LogP contribution in [0.2, 0.25) is 0 Å². The van der Waals surface area contributed by atoms with Crippen LogP contribution in [0.1, 0.15) is 18.5 Å². The van der Waals surface area contributed by atoms with Crippen molar-refractivity contribution in [2.45, 2.75) is 13.0 Å². The van der Waals surface area contributed by atoms with Gasteiger partial charge in [0.2, 0.25) is 0 Å². The molecule has 0 aliphatic rings. The minimum atomic E-state index is 0.0832. The molecule has 3 heteroatoms. The molecular formula is C11H13BrN2. The number of aryl methyl sites for hydroxylation is 1. The number of halogens is 1. The maximum Gasteiger partial charge on any atom is 0.0492 e. The second-order valence-corrected chi connectivity index (χ2v) is 4.56. The van der Waals surface area contributed by atoms with Crippen LogP contribution in [0.3, 0.4) is 0 Å². The van der Waals surface area contributed by atoms with Gasteiger partial charge in [0.25, 0.3) is 0 Å². The third-order valence-electron chi connectivity index (χ3n) is 2.47. The summed E-state index contributed by atoms with van der Waals surface area (Å²) in [5.74, 6) is 0. The monoisotopic (exact) mass is 252 g/mol. The molecule has 0 amide bonds. The molecule has 74 valence electrons. The van der Waals surface area contributed by atoms with E-state index in [0.717, 1.165) is 4.47 Å². The van der Waals surface area contributed by atoms with Crippen molar-refractivity contribution < 1.29 is 0 Å². The third-order valence-corrected chi connectivity index (χ3v) is 2.97. The maximum absolute atomic E-state index is 5.91. The zero-order valence-corrected chi connectivity index (χ0v) is 9.88. The number of aromatic nitrogens is 1. The van der Waals surface area contributed by atoms with Gasteiger partial charge in [0.15, 0.2) is 0 Å². The normalized spacial score (nSPS) is 13.4. The molecule has 1 aromatic carbocycles. The highest BCUT2D eigenvalue weighted by Crippen LogP contribution is 2.27. The van der Waals surface area contributed by atoms with Crippen molar-refractivity contribution >= 4 is 26.8 Å². The smallest absolute Gasteiger partial charge is 0.0492 e. The quantitative estimate of drug-likeness (QED) is 0.832. The average Bonchev–Trinajstić information content (AvgIpc) is 2.44. The van der Waals surface area contributed by atoms with Crippen molar-refractivity contribution in [3.05, 3.63) is 34.4 Å². The topological polar surface area (TPSA) is 30.9 Å². The second kappa shape index (κ2) is 3.41. The number of rotatable bonds is 1. The first-order valence-electron chi connectivity index (χ1n) is 4.59. The summed E-state index contributed by atoms with van der Waals surface area (Å²) in [5.41, 5.74) is 8.32. The molecule has 1 aromatic heterocycles. The summed E-state index contributed by atoms with van der Waals surface area (Å²) >= 11 is 3.47. The van der Waals surface area contributed by atoms with Gasteiger partial charge in [-0.15, -0.1) is 0 Å². The van der Waals surface area contributed by atoms with Gasteiger partial charge in [-0.1, -0.05) is 22.0 Å². The van der Waals surface area contributed by atoms with Gasteiger partial charge in [-0.05, 0) is 24.6 Å². The van der Waals surface area contributed by atoms with Gasteiger partial charge >= 0.3 is 0 Å². The largest absolute Gasteiger partial charge is 0.350 e. The third kappa shape index (κ3) is 1.47. The Hall–Kier alpha value is -0.800. The number of benzene rings is 1. The summed E-state index contributed by atoms with van der Waals surface area (Å²) in [4.78, 5) is 0. The highest BCUT2D eigenvalue weighted by atomic mass is 79.9. The summed E-state index contributed by atoms with van der Waals surface area (Å²) in [6.45, 7) is 2.01. The lowest BCUT2D eigenvalue weighted by molar-refractivity contribution is 0.815. The van der Waals surface area contributed by atoms with E-state index in [9.17, 15) is 0 Å². The fourth-order valence-corrected chi connectivity index (χ4v) is 2.10. The maximum atomic E-state index is 5.91. The van der Waals surface area contributed by atoms with Crippen LogP contribution in [0.15, 0.2) is 28.9 Å². The van der Waals surface area contributed by atoms with Crippen LogP contribution in [0.25, 0.3) is 10.9 Å². The lowest BCUT2D eigenvalue weighted by Crippen LogP contribution is -2.03. The molecule has 0 bridgehead atoms. The van der Waals surface area contributed by atoms with Crippen molar-refractivity contribution in [1.29, 1.82) is 0 Å². The molecule has 2 aromatic rings. The molecule has 0 spiro atoms. The number of nitrogens with zero attached hydrogens (tertiary/aromatic N) is 1. The lowest BCUT2D eigenvalue weighted by Gasteiger charge is -2.01. The van der Waals surface area contributed by atoms with Crippen molar-refractivity contribution in [2.24, 2.45) is 12.8 Å². The van der Waals surface area contributed by atoms with Crippen LogP contribution < -0.4 is 5.73 Å². The Morgan fingerprint density at radius 2 is 2.14 bits per heavy atom. The summed E-state index contributed by atoms with van der Waals surface area (Å²) in [6, 6.07) is 6.35. The van der Waals surface area contributed by atoms with E-state index in [4.69, 9.17) is 5.73 Å². The number of hydrogen-bond donors (Lipinski definition) is 1. The van der Waals surface area contributed by atoms with Gasteiger partial charge < -0.3 is 10.3 Å². The van der Waals surface area contributed by atoms with E-state index in [1.165, 1.54) is 16.5 Å². The van der Waals surface area contributed by atoms with Crippen molar-refractivity contribution in [1.82, 2.24) is 4.57 Å². The fraction of sp³-hybridized carbons (Fsp3) is 0.273. The molecule has 0 saturated carbocycles. The first kappa shape index (κ1) is 9.74. The van der Waals surface area contributed by atoms with Gasteiger partial charge in [-0.2, -0.15) is 0 Å². The number of hydrogen-bond acceptors (Lipinski definition) is 1. The second-order valence-electron chi connectivity index (χ2n) is 3.65. The molecule has 2 N–H and O–H groups in total. The summed E-state index contributed by atoms with van der Waals surface area (Å²) < 4.78 is 3.21. The summed E-state index contributed by atoms with van der Waals surface area (Å²) in [6.07, 6.45) is 2.10. The molecule has 1 unspecified atom stereocenters. The zero-order valence-electron chi connectivity index (χ0n) is 8.29. The van der Waals surface area contributed by atoms with Crippen LogP contribution >= 0.6 is 15.9 Å². The first-order chi connectivity index (χ1) is 6.59. The summed E-state index contributed by atoms with van der Waals surface area (Å²) in [7, 11) is 2.04. The van der Waals surface area contributed by atoms with Crippen LogP contribution in [-0.4, -0.2) is 4.57 Å². The van der Waals surface area contributed by atoms with Crippen LogP contribution in [0, 0.1) is 0 Å². The highest BCUT2D eigenvalue weighted by molar-refractivity contribution is 9.10. The molecular weight excluding hydrogens is 240 g/mol. The Morgan fingerprint density at radius 1 is 1.43 bits per heavy atom. The Kier molecular flexibility index (Phi) is 2.37. The minimum absolute atomic E-state index is 0.0832. The van der Waals surface area contributed by atoms with E-state index >= 15 is 0 Å². The number of fused-ring (bicyclic) bond motifs is 1. The van der Waals surface area contributed by atoms with Gasteiger partial charge in [0, 0.05) is 34.7 Å². The molecule has 0 aliphatic heterocycles. The van der Waals surface area contributed by atoms with E-state index in [1.54, 1.807) is 0 Å². The van der Waals surface area contributed by atoms with Gasteiger partial charge in [0.05, 0.1) is 0 Å². The van der Waals surface area contributed by atoms with Crippen molar-refractivity contribution in [3.8, 4) is 0 Å². The standard InChI is InChI=1S/C11H13BrN2/c1-7(13)10-6-14(2)11-5-8(12)3-4-9(10)11/h3-7H,13H2,1-2H3. The zero-order chi connectivity index (χ0) is 10.3. The van der Waals surface area contributed by atoms with Crippen LogP contribution in [-0.2, 0) is 7.05 Å². The predicted molar refractivity (Wildman–Crippen MR) is 63.2 cm³/mol. The van der Waals surface area contributed by atoms with Gasteiger partial charge in [0.1, 0.15) is 0 Å². The minimum Gasteiger partial charge on any atom is -0.350 e. The van der Waals surface area contributed by atoms with E-state index in [0.29, 0.717) is 0 Å². The molecule has 0 aliphatic carbocycles. The first-order valence-corrected chi connectivity index (χ1v) is 5.39. The Bertz CT molecular complexity index is 471. The van der Waals surface area contributed by atoms with Gasteiger partial charge in [-0.25, -0.2) is 0 Å². The van der Waals surface area contributed by atoms with Crippen molar-refractivity contribution in [2.75, 3.05) is 0 Å². The predicted octanol–water partition coefficient (Wildman–Crippen LogP) is 2.96. The summed E-state index contributed by atoms with van der Waals surface area (Å²) in [5, 5.41) is 1.24. The Morgan fingerprint density at radius 3 is 2.79 bits per heavy atom. The molecule has 14 heavy (non-hydrogen) atoms. The number of nitrogens with two attached hydrogens (primary N) is 1. The highest BCUT2D eigenvalue weighted by Gasteiger charge is 2.09. The van der Waals surface area contributed by atoms with Crippen LogP contribution in [0.5, 0.6) is 0 Å². The molecule has 0 fully saturated rings. The molecule has 0 saturated heterocycles. The van der Waals surface area contributed by atoms with E-state index in [-0.39, 0.29) is 6.04 Å². The molecule has 2 nitrogen and oxygen atoms in total. The molecule has 0 radical (unpaired) electrons. The average molecular weight is 253 g/mol. The van der Waals surface area contributed by atoms with Crippen LogP contribution in [0.4, 0.5) is 0 Å². The van der Waals surface area contributed by atoms with Gasteiger partial charge in [-0.3, -0.25) is 0 Å². The molecule has 2 rings (SSSR count). The fourth-order valence-electron chi connectivity index (χ4n) is 1.75. The molecule has 1 atom stereocenters. The SMILES string of the molecule is CC(N)c1cn(C)c2cc(Br)ccc12. The molecule has 1 heterocycles. The Balaban J connectivity index is 2.77. The Labute approximate surface area is 91.8 Å². The van der Waals surface area contributed by atoms with E-state index < -0.39 is 0 Å². The lowest BCUT2D eigenvalue weighted by atomic mass is 10.1. The van der Waals surface area contributed by atoms with Crippen molar-refractivity contribution in [3.63, 3.8) is 0 Å². The van der Waals surface area contributed by atoms with E-state index in [1.807, 2.05) is 20.0 Å². The van der Waals surface area contributed by atoms with E-state index in [2.05, 4.69) is 38.8 Å².